The zero-order valence-electron chi connectivity index (χ0n) is 5.56. The Morgan fingerprint density at radius 3 is 2.00 bits per heavy atom. The quantitative estimate of drug-likeness (QED) is 0.398. The van der Waals surface area contributed by atoms with Crippen molar-refractivity contribution in [3.63, 3.8) is 0 Å². The fourth-order valence-corrected chi connectivity index (χ4v) is 0.0791. The molecule has 0 aromatic rings. The average Bonchev–Trinajstić information content (AvgIpc) is 1.91. The number of amides is 1. The molecular formula is C5H13NO2. The van der Waals surface area contributed by atoms with Crippen molar-refractivity contribution in [2.75, 3.05) is 0 Å². The third kappa shape index (κ3) is 9.06. The van der Waals surface area contributed by atoms with E-state index in [0.717, 1.165) is 0 Å². The Morgan fingerprint density at radius 2 is 2.00 bits per heavy atom. The summed E-state index contributed by atoms with van der Waals surface area (Å²) in [7, 11) is 0. The number of nitrogens with one attached hydrogen (secondary N) is 1. The molecule has 50 valence electrons. The summed E-state index contributed by atoms with van der Waals surface area (Å²) in [5.41, 5.74) is 1.48. The number of carbonyl (C=O) groups is 1. The zero-order valence-corrected chi connectivity index (χ0v) is 5.56. The van der Waals surface area contributed by atoms with Gasteiger partial charge in [-0.25, -0.2) is 5.48 Å². The number of hydroxylamine groups is 1. The van der Waals surface area contributed by atoms with Crippen LogP contribution in [0.4, 0.5) is 0 Å². The normalized spacial score (nSPS) is 6.50. The van der Waals surface area contributed by atoms with E-state index in [1.807, 2.05) is 13.8 Å². The summed E-state index contributed by atoms with van der Waals surface area (Å²) >= 11 is 0. The van der Waals surface area contributed by atoms with Crippen LogP contribution in [0.2, 0.25) is 0 Å². The fraction of sp³-hybridized carbons (Fsp3) is 0.800. The van der Waals surface area contributed by atoms with E-state index in [2.05, 4.69) is 0 Å². The molecule has 3 nitrogen and oxygen atoms in total. The van der Waals surface area contributed by atoms with Crippen molar-refractivity contribution in [1.29, 1.82) is 0 Å². The van der Waals surface area contributed by atoms with Gasteiger partial charge in [-0.2, -0.15) is 0 Å². The lowest BCUT2D eigenvalue weighted by Crippen LogP contribution is -2.16. The molecule has 1 amide bonds. The van der Waals surface area contributed by atoms with E-state index in [1.165, 1.54) is 5.48 Å². The van der Waals surface area contributed by atoms with Crippen LogP contribution in [0.15, 0.2) is 0 Å². The van der Waals surface area contributed by atoms with Crippen molar-refractivity contribution in [2.45, 2.75) is 27.2 Å². The second kappa shape index (κ2) is 9.66. The molecule has 3 heteroatoms. The smallest absolute Gasteiger partial charge is 0.243 e. The van der Waals surface area contributed by atoms with Gasteiger partial charge in [0.2, 0.25) is 5.91 Å². The molecule has 0 fully saturated rings. The molecule has 0 aromatic carbocycles. The first-order valence-electron chi connectivity index (χ1n) is 2.74. The largest absolute Gasteiger partial charge is 0.289 e. The van der Waals surface area contributed by atoms with Crippen LogP contribution < -0.4 is 5.48 Å². The molecule has 0 radical (unpaired) electrons. The highest BCUT2D eigenvalue weighted by molar-refractivity contribution is 5.73. The first-order valence-corrected chi connectivity index (χ1v) is 2.74. The fourth-order valence-electron chi connectivity index (χ4n) is 0.0791. The molecule has 0 saturated heterocycles. The van der Waals surface area contributed by atoms with Crippen molar-refractivity contribution < 1.29 is 10.0 Å². The van der Waals surface area contributed by atoms with Crippen molar-refractivity contribution >= 4 is 5.91 Å². The van der Waals surface area contributed by atoms with E-state index in [-0.39, 0.29) is 5.91 Å². The number of hydrogen-bond donors (Lipinski definition) is 2. The van der Waals surface area contributed by atoms with Crippen LogP contribution in [0.5, 0.6) is 0 Å². The lowest BCUT2D eigenvalue weighted by Gasteiger charge is -1.85. The maximum Gasteiger partial charge on any atom is 0.243 e. The Bertz CT molecular complexity index is 48.4. The minimum Gasteiger partial charge on any atom is -0.289 e. The highest BCUT2D eigenvalue weighted by Gasteiger charge is 1.86. The van der Waals surface area contributed by atoms with Gasteiger partial charge in [-0.15, -0.1) is 0 Å². The van der Waals surface area contributed by atoms with Crippen LogP contribution in [-0.2, 0) is 4.79 Å². The molecule has 0 atom stereocenters. The van der Waals surface area contributed by atoms with Crippen LogP contribution in [-0.4, -0.2) is 11.1 Å². The third-order valence-electron chi connectivity index (χ3n) is 0.446. The van der Waals surface area contributed by atoms with Crippen molar-refractivity contribution in [3.05, 3.63) is 0 Å². The van der Waals surface area contributed by atoms with E-state index < -0.39 is 0 Å². The van der Waals surface area contributed by atoms with Crippen molar-refractivity contribution in [2.24, 2.45) is 0 Å². The second-order valence-electron chi connectivity index (χ2n) is 0.889. The molecule has 0 unspecified atom stereocenters. The number of hydrogen-bond acceptors (Lipinski definition) is 2. The van der Waals surface area contributed by atoms with Crippen LogP contribution in [0.25, 0.3) is 0 Å². The Morgan fingerprint density at radius 1 is 1.62 bits per heavy atom. The van der Waals surface area contributed by atoms with Crippen molar-refractivity contribution in [1.82, 2.24) is 5.48 Å². The van der Waals surface area contributed by atoms with E-state index in [0.29, 0.717) is 6.42 Å². The standard InChI is InChI=1S/C3H7NO2.C2H6/c1-2-3(5)4-6;1-2/h6H,2H2,1H3,(H,4,5);1-2H3. The van der Waals surface area contributed by atoms with Gasteiger partial charge in [0, 0.05) is 6.42 Å². The summed E-state index contributed by atoms with van der Waals surface area (Å²) in [5.74, 6) is -0.352. The van der Waals surface area contributed by atoms with Gasteiger partial charge in [-0.3, -0.25) is 10.0 Å². The first kappa shape index (κ1) is 10.4. The Kier molecular flexibility index (Phi) is 12.6. The van der Waals surface area contributed by atoms with Gasteiger partial charge in [0.05, 0.1) is 0 Å². The molecule has 0 rings (SSSR count). The van der Waals surface area contributed by atoms with Crippen LogP contribution in [0.3, 0.4) is 0 Å². The molecule has 0 bridgehead atoms. The summed E-state index contributed by atoms with van der Waals surface area (Å²) in [6.45, 7) is 5.66. The predicted octanol–water partition coefficient (Wildman–Crippen LogP) is 0.928. The molecular weight excluding hydrogens is 106 g/mol. The van der Waals surface area contributed by atoms with E-state index in [9.17, 15) is 4.79 Å². The first-order chi connectivity index (χ1) is 3.81. The second-order valence-corrected chi connectivity index (χ2v) is 0.889. The minimum absolute atomic E-state index is 0.330. The summed E-state index contributed by atoms with van der Waals surface area (Å²) < 4.78 is 0. The van der Waals surface area contributed by atoms with E-state index >= 15 is 0 Å². The summed E-state index contributed by atoms with van der Waals surface area (Å²) in [4.78, 5) is 9.82. The molecule has 0 aliphatic heterocycles. The summed E-state index contributed by atoms with van der Waals surface area (Å²) in [6, 6.07) is 0. The highest BCUT2D eigenvalue weighted by Crippen LogP contribution is 1.68. The molecule has 0 aliphatic rings. The predicted molar refractivity (Wildman–Crippen MR) is 31.6 cm³/mol. The molecule has 0 heterocycles. The lowest BCUT2D eigenvalue weighted by atomic mass is 10.5. The molecule has 0 saturated carbocycles. The van der Waals surface area contributed by atoms with Crippen LogP contribution >= 0.6 is 0 Å². The van der Waals surface area contributed by atoms with Gasteiger partial charge in [0.25, 0.3) is 0 Å². The topological polar surface area (TPSA) is 49.3 Å². The molecule has 8 heavy (non-hydrogen) atoms. The molecule has 0 spiro atoms. The van der Waals surface area contributed by atoms with E-state index in [4.69, 9.17) is 5.21 Å². The summed E-state index contributed by atoms with van der Waals surface area (Å²) in [5, 5.41) is 7.74. The van der Waals surface area contributed by atoms with E-state index in [1.54, 1.807) is 6.92 Å². The maximum atomic E-state index is 9.82. The van der Waals surface area contributed by atoms with Gasteiger partial charge >= 0.3 is 0 Å². The summed E-state index contributed by atoms with van der Waals surface area (Å²) in [6.07, 6.45) is 0.330. The monoisotopic (exact) mass is 119 g/mol. The van der Waals surface area contributed by atoms with Crippen molar-refractivity contribution in [3.8, 4) is 0 Å². The van der Waals surface area contributed by atoms with Crippen LogP contribution in [0.1, 0.15) is 27.2 Å². The van der Waals surface area contributed by atoms with Gasteiger partial charge in [-0.1, -0.05) is 20.8 Å². The Labute approximate surface area is 49.7 Å². The number of rotatable bonds is 1. The number of carbonyl (C=O) groups excluding carboxylic acids is 1. The Balaban J connectivity index is 0. The molecule has 0 aliphatic carbocycles. The van der Waals surface area contributed by atoms with Gasteiger partial charge in [-0.05, 0) is 0 Å². The molecule has 2 N–H and O–H groups in total. The molecule has 0 aromatic heterocycles. The van der Waals surface area contributed by atoms with Gasteiger partial charge in [0.1, 0.15) is 0 Å². The van der Waals surface area contributed by atoms with Gasteiger partial charge in [0.15, 0.2) is 0 Å². The minimum atomic E-state index is -0.352. The SMILES string of the molecule is CC.CCC(=O)NO. The Hall–Kier alpha value is -0.570. The van der Waals surface area contributed by atoms with Gasteiger partial charge < -0.3 is 0 Å². The third-order valence-corrected chi connectivity index (χ3v) is 0.446. The maximum absolute atomic E-state index is 9.82. The highest BCUT2D eigenvalue weighted by atomic mass is 16.5. The lowest BCUT2D eigenvalue weighted by molar-refractivity contribution is -0.128. The van der Waals surface area contributed by atoms with Crippen LogP contribution in [0, 0.1) is 0 Å². The zero-order chi connectivity index (χ0) is 6.99. The average molecular weight is 119 g/mol.